The zero-order valence-corrected chi connectivity index (χ0v) is 18.6. The largest absolute Gasteiger partial charge is 0.497 e. The van der Waals surface area contributed by atoms with E-state index in [0.717, 1.165) is 54.0 Å². The van der Waals surface area contributed by atoms with Crippen LogP contribution in [0.25, 0.3) is 11.5 Å². The Morgan fingerprint density at radius 2 is 2.03 bits per heavy atom. The predicted octanol–water partition coefficient (Wildman–Crippen LogP) is 4.66. The monoisotopic (exact) mass is 435 g/mol. The van der Waals surface area contributed by atoms with Crippen molar-refractivity contribution in [3.05, 3.63) is 76.6 Å². The minimum Gasteiger partial charge on any atom is -0.497 e. The van der Waals surface area contributed by atoms with E-state index >= 15 is 0 Å². The first-order chi connectivity index (χ1) is 15.1. The molecule has 0 saturated heterocycles. The van der Waals surface area contributed by atoms with Gasteiger partial charge >= 0.3 is 0 Å². The van der Waals surface area contributed by atoms with Gasteiger partial charge < -0.3 is 10.1 Å². The van der Waals surface area contributed by atoms with Crippen molar-refractivity contribution in [2.75, 3.05) is 25.5 Å². The van der Waals surface area contributed by atoms with Gasteiger partial charge in [-0.3, -0.25) is 9.88 Å². The van der Waals surface area contributed by atoms with Gasteiger partial charge in [0.25, 0.3) is 0 Å². The minimum absolute atomic E-state index is 0.621. The second-order valence-electron chi connectivity index (χ2n) is 7.52. The molecule has 0 atom stereocenters. The second-order valence-corrected chi connectivity index (χ2v) is 8.11. The quantitative estimate of drug-likeness (QED) is 0.582. The number of hydrogen-bond donors (Lipinski definition) is 1. The van der Waals surface area contributed by atoms with Crippen LogP contribution in [0.4, 0.5) is 5.82 Å². The number of nitrogens with zero attached hydrogens (tertiary/aromatic N) is 4. The van der Waals surface area contributed by atoms with Gasteiger partial charge in [0.15, 0.2) is 5.82 Å². The van der Waals surface area contributed by atoms with Gasteiger partial charge in [0.1, 0.15) is 17.3 Å². The molecule has 160 valence electrons. The molecule has 6 nitrogen and oxygen atoms in total. The molecule has 3 heterocycles. The molecule has 0 amide bonds. The third-order valence-corrected chi connectivity index (χ3v) is 5.41. The van der Waals surface area contributed by atoms with Crippen molar-refractivity contribution in [3.8, 4) is 17.3 Å². The molecule has 31 heavy (non-hydrogen) atoms. The summed E-state index contributed by atoms with van der Waals surface area (Å²) in [6.45, 7) is 5.07. The number of nitrogens with one attached hydrogen (secondary N) is 1. The third-order valence-electron chi connectivity index (χ3n) is 5.26. The molecule has 0 unspecified atom stereocenters. The van der Waals surface area contributed by atoms with Crippen molar-refractivity contribution < 1.29 is 4.74 Å². The van der Waals surface area contributed by atoms with Gasteiger partial charge in [-0.05, 0) is 43.2 Å². The summed E-state index contributed by atoms with van der Waals surface area (Å²) in [4.78, 5) is 16.5. The molecule has 1 N–H and O–H groups in total. The average molecular weight is 436 g/mol. The van der Waals surface area contributed by atoms with Crippen molar-refractivity contribution in [1.82, 2.24) is 19.9 Å². The van der Waals surface area contributed by atoms with Gasteiger partial charge in [0, 0.05) is 43.0 Å². The van der Waals surface area contributed by atoms with Gasteiger partial charge in [0.2, 0.25) is 0 Å². The zero-order chi connectivity index (χ0) is 21.6. The van der Waals surface area contributed by atoms with Crippen molar-refractivity contribution >= 4 is 17.4 Å². The fraction of sp³-hybridized carbons (Fsp3) is 0.292. The Kier molecular flexibility index (Phi) is 6.79. The summed E-state index contributed by atoms with van der Waals surface area (Å²) in [6, 6.07) is 14.0. The number of halogens is 1. The number of fused-ring (bicyclic) bond motifs is 1. The topological polar surface area (TPSA) is 63.2 Å². The molecule has 3 aromatic rings. The van der Waals surface area contributed by atoms with E-state index in [-0.39, 0.29) is 0 Å². The van der Waals surface area contributed by atoms with Crippen LogP contribution in [0, 0.1) is 0 Å². The molecule has 0 radical (unpaired) electrons. The van der Waals surface area contributed by atoms with Crippen LogP contribution in [0.2, 0.25) is 0 Å². The minimum atomic E-state index is 0.621. The van der Waals surface area contributed by atoms with Gasteiger partial charge in [-0.2, -0.15) is 0 Å². The van der Waals surface area contributed by atoms with Crippen molar-refractivity contribution in [2.45, 2.75) is 26.4 Å². The first-order valence-electron chi connectivity index (χ1n) is 10.3. The highest BCUT2D eigenvalue weighted by Gasteiger charge is 2.23. The Bertz CT molecular complexity index is 1050. The number of benzene rings is 1. The standard InChI is InChI=1S/C24H26ClN5O/c1-17(25)10-13-27-23-20-11-14-30(15-18-6-8-19(31-2)9-7-18)16-22(20)28-24(29-23)21-5-3-4-12-26-21/h3-10,12H,11,13-16H2,1-2H3,(H,27,28,29)/b17-10-. The van der Waals surface area contributed by atoms with Crippen LogP contribution in [0.1, 0.15) is 23.7 Å². The first kappa shape index (κ1) is 21.3. The van der Waals surface area contributed by atoms with Crippen LogP contribution < -0.4 is 10.1 Å². The lowest BCUT2D eigenvalue weighted by molar-refractivity contribution is 0.241. The van der Waals surface area contributed by atoms with Crippen molar-refractivity contribution in [2.24, 2.45) is 0 Å². The highest BCUT2D eigenvalue weighted by atomic mass is 35.5. The van der Waals surface area contributed by atoms with E-state index in [1.165, 1.54) is 11.1 Å². The van der Waals surface area contributed by atoms with E-state index in [0.29, 0.717) is 12.4 Å². The van der Waals surface area contributed by atoms with Gasteiger partial charge in [-0.1, -0.05) is 35.9 Å². The molecular formula is C24H26ClN5O. The summed E-state index contributed by atoms with van der Waals surface area (Å²) in [5, 5.41) is 4.17. The van der Waals surface area contributed by atoms with Gasteiger partial charge in [-0.15, -0.1) is 0 Å². The molecule has 0 saturated carbocycles. The van der Waals surface area contributed by atoms with E-state index in [9.17, 15) is 0 Å². The predicted molar refractivity (Wildman–Crippen MR) is 124 cm³/mol. The molecule has 1 aliphatic heterocycles. The Balaban J connectivity index is 1.59. The summed E-state index contributed by atoms with van der Waals surface area (Å²) in [6.07, 6.45) is 4.59. The maximum atomic E-state index is 5.99. The fourth-order valence-corrected chi connectivity index (χ4v) is 3.73. The Morgan fingerprint density at radius 1 is 1.19 bits per heavy atom. The average Bonchev–Trinajstić information content (AvgIpc) is 2.79. The number of anilines is 1. The van der Waals surface area contributed by atoms with Crippen LogP contribution in [0.5, 0.6) is 5.75 Å². The molecule has 4 rings (SSSR count). The fourth-order valence-electron chi connectivity index (χ4n) is 3.65. The molecule has 0 spiro atoms. The van der Waals surface area contributed by atoms with Crippen LogP contribution >= 0.6 is 11.6 Å². The van der Waals surface area contributed by atoms with Crippen LogP contribution in [-0.4, -0.2) is 40.1 Å². The summed E-state index contributed by atoms with van der Waals surface area (Å²) in [5.41, 5.74) is 4.24. The molecule has 0 aliphatic carbocycles. The lowest BCUT2D eigenvalue weighted by Gasteiger charge is -2.29. The molecule has 1 aliphatic rings. The summed E-state index contributed by atoms with van der Waals surface area (Å²) >= 11 is 5.99. The number of allylic oxidation sites excluding steroid dienone is 1. The van der Waals surface area contributed by atoms with Crippen molar-refractivity contribution in [3.63, 3.8) is 0 Å². The number of methoxy groups -OCH3 is 1. The normalized spacial score (nSPS) is 14.2. The smallest absolute Gasteiger partial charge is 0.180 e. The SMILES string of the molecule is COc1ccc(CN2CCc3c(nc(-c4ccccn4)nc3NC/C=C(/C)Cl)C2)cc1. The number of hydrogen-bond acceptors (Lipinski definition) is 6. The van der Waals surface area contributed by atoms with E-state index < -0.39 is 0 Å². The summed E-state index contributed by atoms with van der Waals surface area (Å²) < 4.78 is 5.27. The first-order valence-corrected chi connectivity index (χ1v) is 10.7. The van der Waals surface area contributed by atoms with E-state index in [1.54, 1.807) is 13.3 Å². The maximum Gasteiger partial charge on any atom is 0.180 e. The maximum absolute atomic E-state index is 5.99. The Hall–Kier alpha value is -2.96. The molecule has 0 bridgehead atoms. The summed E-state index contributed by atoms with van der Waals surface area (Å²) in [5.74, 6) is 2.38. The Morgan fingerprint density at radius 3 is 2.74 bits per heavy atom. The molecule has 7 heteroatoms. The zero-order valence-electron chi connectivity index (χ0n) is 17.8. The van der Waals surface area contributed by atoms with E-state index in [4.69, 9.17) is 26.3 Å². The van der Waals surface area contributed by atoms with E-state index in [2.05, 4.69) is 27.3 Å². The van der Waals surface area contributed by atoms with Crippen LogP contribution in [0.15, 0.2) is 59.8 Å². The highest BCUT2D eigenvalue weighted by molar-refractivity contribution is 6.29. The second kappa shape index (κ2) is 9.90. The van der Waals surface area contributed by atoms with Crippen molar-refractivity contribution in [1.29, 1.82) is 0 Å². The van der Waals surface area contributed by atoms with Gasteiger partial charge in [0.05, 0.1) is 12.8 Å². The molecule has 2 aromatic heterocycles. The van der Waals surface area contributed by atoms with Crippen LogP contribution in [0.3, 0.4) is 0 Å². The lowest BCUT2D eigenvalue weighted by Crippen LogP contribution is -2.32. The van der Waals surface area contributed by atoms with Crippen LogP contribution in [-0.2, 0) is 19.5 Å². The summed E-state index contributed by atoms with van der Waals surface area (Å²) in [7, 11) is 1.69. The Labute approximate surface area is 188 Å². The molecule has 0 fully saturated rings. The molecular weight excluding hydrogens is 410 g/mol. The third kappa shape index (κ3) is 5.40. The lowest BCUT2D eigenvalue weighted by atomic mass is 10.0. The van der Waals surface area contributed by atoms with Gasteiger partial charge in [-0.25, -0.2) is 9.97 Å². The number of aromatic nitrogens is 3. The molecule has 1 aromatic carbocycles. The number of ether oxygens (including phenoxy) is 1. The number of pyridine rings is 1. The number of rotatable bonds is 7. The highest BCUT2D eigenvalue weighted by Crippen LogP contribution is 2.27. The van der Waals surface area contributed by atoms with E-state index in [1.807, 2.05) is 43.3 Å².